The van der Waals surface area contributed by atoms with Crippen LogP contribution in [0.3, 0.4) is 0 Å². The quantitative estimate of drug-likeness (QED) is 0.0135. The standard InChI is InChI=1S/C37H68N18O8/c1-22(50-30(58)19-48-29(57)17-40)31(59)52-25(9-3-5-13-39)33(61)53-27(11-7-15-47-37(43)44)34(62)55-28(16-24-18-45-21-49-24)35(63)54-26(10-6-14-46-36(41)42)32(60)51-23(20-56)8-2-4-12-38/h18,20-23,25-28H,2-17,19,38-40H2,1H3,(H,45,49)(H,48,57)(H,50,58)(H,51,60)(H,52,59)(H,53,61)(H,54,63)(H,55,62)(H4,41,42,46)(H4,43,44,47)/t22-,23-,25-,26-,27-,28-/m0/s1. The van der Waals surface area contributed by atoms with Gasteiger partial charge in [-0.25, -0.2) is 4.98 Å². The van der Waals surface area contributed by atoms with Crippen molar-refractivity contribution in [2.75, 3.05) is 39.3 Å². The van der Waals surface area contributed by atoms with Crippen molar-refractivity contribution in [3.8, 4) is 0 Å². The van der Waals surface area contributed by atoms with Crippen LogP contribution in [-0.2, 0) is 44.8 Å². The third-order valence-corrected chi connectivity index (χ3v) is 9.21. The first-order valence-electron chi connectivity index (χ1n) is 20.8. The molecule has 1 aromatic heterocycles. The van der Waals surface area contributed by atoms with E-state index in [4.69, 9.17) is 40.1 Å². The summed E-state index contributed by atoms with van der Waals surface area (Å²) in [7, 11) is 0. The third kappa shape index (κ3) is 24.0. The molecule has 0 unspecified atom stereocenters. The Morgan fingerprint density at radius 1 is 0.635 bits per heavy atom. The van der Waals surface area contributed by atoms with Crippen molar-refractivity contribution in [2.45, 2.75) is 114 Å². The predicted molar refractivity (Wildman–Crippen MR) is 233 cm³/mol. The number of carbonyl (C=O) groups excluding carboxylic acids is 8. The normalized spacial score (nSPS) is 13.6. The fraction of sp³-hybridized carbons (Fsp3) is 0.649. The molecule has 0 radical (unpaired) electrons. The highest BCUT2D eigenvalue weighted by Gasteiger charge is 2.32. The summed E-state index contributed by atoms with van der Waals surface area (Å²) in [5.41, 5.74) is 38.8. The topological polar surface area (TPSA) is 456 Å². The van der Waals surface area contributed by atoms with E-state index in [1.165, 1.54) is 19.4 Å². The molecule has 26 heteroatoms. The molecule has 22 N–H and O–H groups in total. The van der Waals surface area contributed by atoms with Crippen LogP contribution in [0.25, 0.3) is 0 Å². The van der Waals surface area contributed by atoms with E-state index in [1.807, 2.05) is 0 Å². The Kier molecular flexibility index (Phi) is 27.3. The average Bonchev–Trinajstić information content (AvgIpc) is 3.76. The lowest BCUT2D eigenvalue weighted by atomic mass is 10.0. The van der Waals surface area contributed by atoms with Crippen molar-refractivity contribution in [2.24, 2.45) is 50.1 Å². The van der Waals surface area contributed by atoms with Crippen molar-refractivity contribution < 1.29 is 38.4 Å². The van der Waals surface area contributed by atoms with Crippen LogP contribution in [0.5, 0.6) is 0 Å². The van der Waals surface area contributed by atoms with E-state index in [0.29, 0.717) is 57.2 Å². The van der Waals surface area contributed by atoms with Crippen molar-refractivity contribution in [3.05, 3.63) is 18.2 Å². The number of H-pyrrole nitrogens is 1. The van der Waals surface area contributed by atoms with E-state index in [-0.39, 0.29) is 70.1 Å². The molecule has 0 aliphatic rings. The monoisotopic (exact) mass is 893 g/mol. The maximum atomic E-state index is 14.1. The Morgan fingerprint density at radius 3 is 1.59 bits per heavy atom. The highest BCUT2D eigenvalue weighted by molar-refractivity contribution is 5.97. The van der Waals surface area contributed by atoms with Gasteiger partial charge in [0.1, 0.15) is 36.5 Å². The Balaban J connectivity index is 3.42. The molecule has 6 atom stereocenters. The average molecular weight is 893 g/mol. The van der Waals surface area contributed by atoms with Crippen LogP contribution in [0, 0.1) is 0 Å². The number of nitrogens with zero attached hydrogens (tertiary/aromatic N) is 3. The molecule has 1 aromatic rings. The highest BCUT2D eigenvalue weighted by atomic mass is 16.2. The van der Waals surface area contributed by atoms with Crippen LogP contribution in [0.4, 0.5) is 0 Å². The SMILES string of the molecule is C[C@H](NC(=O)CNC(=O)CN)C(=O)N[C@@H](CCCCN)C(=O)N[C@@H](CCCN=C(N)N)C(=O)N[C@@H](Cc1cnc[nH]1)C(=O)N[C@@H](CCCN=C(N)N)C(=O)N[C@H](C=O)CCCCN. The van der Waals surface area contributed by atoms with E-state index >= 15 is 0 Å². The van der Waals surface area contributed by atoms with Gasteiger partial charge in [-0.2, -0.15) is 0 Å². The molecule has 0 saturated heterocycles. The Bertz CT molecular complexity index is 1650. The van der Waals surface area contributed by atoms with Crippen LogP contribution in [0.2, 0.25) is 0 Å². The van der Waals surface area contributed by atoms with E-state index < -0.39 is 84.1 Å². The maximum absolute atomic E-state index is 14.1. The number of nitrogens with one attached hydrogen (secondary N) is 8. The van der Waals surface area contributed by atoms with Gasteiger partial charge in [0.15, 0.2) is 11.9 Å². The summed E-state index contributed by atoms with van der Waals surface area (Å²) in [5.74, 6) is -5.40. The van der Waals surface area contributed by atoms with Crippen LogP contribution in [0.1, 0.15) is 76.8 Å². The minimum atomic E-state index is -1.35. The minimum Gasteiger partial charge on any atom is -0.370 e. The van der Waals surface area contributed by atoms with Crippen LogP contribution in [-0.4, -0.2) is 145 Å². The van der Waals surface area contributed by atoms with Gasteiger partial charge < -0.3 is 87.1 Å². The van der Waals surface area contributed by atoms with E-state index in [1.54, 1.807) is 0 Å². The zero-order valence-corrected chi connectivity index (χ0v) is 35.9. The molecule has 63 heavy (non-hydrogen) atoms. The summed E-state index contributed by atoms with van der Waals surface area (Å²) in [6.45, 7) is 1.50. The van der Waals surface area contributed by atoms with Crippen molar-refractivity contribution in [1.82, 2.24) is 47.2 Å². The predicted octanol–water partition coefficient (Wildman–Crippen LogP) is -6.48. The Hall–Kier alpha value is -6.41. The summed E-state index contributed by atoms with van der Waals surface area (Å²) in [6, 6.07) is -7.08. The highest BCUT2D eigenvalue weighted by Crippen LogP contribution is 2.09. The first kappa shape index (κ1) is 54.6. The second-order valence-electron chi connectivity index (χ2n) is 14.5. The zero-order valence-electron chi connectivity index (χ0n) is 35.9. The molecule has 26 nitrogen and oxygen atoms in total. The van der Waals surface area contributed by atoms with Crippen LogP contribution >= 0.6 is 0 Å². The Labute approximate surface area is 366 Å². The number of hydrogen-bond donors (Lipinski definition) is 15. The zero-order chi connectivity index (χ0) is 47.2. The summed E-state index contributed by atoms with van der Waals surface area (Å²) in [4.78, 5) is 119. The number of aromatic amines is 1. The molecular weight excluding hydrogens is 825 g/mol. The molecule has 0 saturated carbocycles. The number of rotatable bonds is 33. The van der Waals surface area contributed by atoms with Crippen molar-refractivity contribution in [3.63, 3.8) is 0 Å². The minimum absolute atomic E-state index is 0.0374. The molecule has 0 aliphatic carbocycles. The molecule has 7 amide bonds. The number of hydrogen-bond acceptors (Lipinski definition) is 14. The van der Waals surface area contributed by atoms with Gasteiger partial charge in [0.05, 0.1) is 25.5 Å². The first-order chi connectivity index (χ1) is 30.0. The lowest BCUT2D eigenvalue weighted by Crippen LogP contribution is -2.59. The van der Waals surface area contributed by atoms with E-state index in [9.17, 15) is 38.4 Å². The summed E-state index contributed by atoms with van der Waals surface area (Å²) >= 11 is 0. The summed E-state index contributed by atoms with van der Waals surface area (Å²) in [5, 5.41) is 18.0. The van der Waals surface area contributed by atoms with Gasteiger partial charge in [0, 0.05) is 31.4 Å². The van der Waals surface area contributed by atoms with Gasteiger partial charge >= 0.3 is 0 Å². The molecule has 0 fully saturated rings. The third-order valence-electron chi connectivity index (χ3n) is 9.21. The summed E-state index contributed by atoms with van der Waals surface area (Å²) < 4.78 is 0. The molecular formula is C37H68N18O8. The number of aldehydes is 1. The molecule has 0 aliphatic heterocycles. The number of aromatic nitrogens is 2. The smallest absolute Gasteiger partial charge is 0.243 e. The number of aliphatic imine (C=N–C) groups is 2. The summed E-state index contributed by atoms with van der Waals surface area (Å²) in [6.07, 6.45) is 6.21. The number of nitrogens with two attached hydrogens (primary N) is 7. The van der Waals surface area contributed by atoms with Gasteiger partial charge in [0.2, 0.25) is 41.4 Å². The van der Waals surface area contributed by atoms with E-state index in [0.717, 1.165) is 0 Å². The number of imidazole rings is 1. The number of carbonyl (C=O) groups is 8. The number of amides is 7. The number of guanidine groups is 2. The van der Waals surface area contributed by atoms with Gasteiger partial charge in [0.25, 0.3) is 0 Å². The molecule has 1 heterocycles. The second kappa shape index (κ2) is 31.4. The van der Waals surface area contributed by atoms with Gasteiger partial charge in [-0.05, 0) is 84.2 Å². The molecule has 1 rings (SSSR count). The van der Waals surface area contributed by atoms with Gasteiger partial charge in [-0.15, -0.1) is 0 Å². The van der Waals surface area contributed by atoms with Crippen LogP contribution < -0.4 is 77.4 Å². The van der Waals surface area contributed by atoms with Crippen molar-refractivity contribution >= 4 is 59.6 Å². The van der Waals surface area contributed by atoms with Gasteiger partial charge in [-0.1, -0.05) is 0 Å². The molecule has 0 spiro atoms. The van der Waals surface area contributed by atoms with E-state index in [2.05, 4.69) is 57.2 Å². The molecule has 0 bridgehead atoms. The van der Waals surface area contributed by atoms with Crippen LogP contribution in [0.15, 0.2) is 22.5 Å². The first-order valence-corrected chi connectivity index (χ1v) is 20.8. The lowest BCUT2D eigenvalue weighted by Gasteiger charge is -2.27. The molecule has 0 aromatic carbocycles. The fourth-order valence-corrected chi connectivity index (χ4v) is 5.82. The van der Waals surface area contributed by atoms with Gasteiger partial charge in [-0.3, -0.25) is 43.5 Å². The second-order valence-corrected chi connectivity index (χ2v) is 14.5. The fourth-order valence-electron chi connectivity index (χ4n) is 5.82. The largest absolute Gasteiger partial charge is 0.370 e. The maximum Gasteiger partial charge on any atom is 0.243 e. The number of unbranched alkanes of at least 4 members (excludes halogenated alkanes) is 2. The lowest BCUT2D eigenvalue weighted by molar-refractivity contribution is -0.135. The molecule has 354 valence electrons. The van der Waals surface area contributed by atoms with Crippen molar-refractivity contribution in [1.29, 1.82) is 0 Å². The Morgan fingerprint density at radius 2 is 1.11 bits per heavy atom.